The minimum atomic E-state index is 0.842. The summed E-state index contributed by atoms with van der Waals surface area (Å²) in [7, 11) is 0. The summed E-state index contributed by atoms with van der Waals surface area (Å²) in [5.74, 6) is 1.70. The molecule has 0 radical (unpaired) electrons. The van der Waals surface area contributed by atoms with E-state index in [9.17, 15) is 0 Å². The van der Waals surface area contributed by atoms with Crippen molar-refractivity contribution in [2.45, 2.75) is 0 Å². The molecule has 0 aliphatic carbocycles. The molecular formula is C39H25N5. The minimum Gasteiger partial charge on any atom is -0.292 e. The molecular weight excluding hydrogens is 538 g/mol. The number of para-hydroxylation sites is 2. The highest BCUT2D eigenvalue weighted by Crippen LogP contribution is 2.40. The highest BCUT2D eigenvalue weighted by molar-refractivity contribution is 6.22. The zero-order chi connectivity index (χ0) is 29.0. The molecule has 206 valence electrons. The van der Waals surface area contributed by atoms with Crippen LogP contribution in [0, 0.1) is 0 Å². The predicted octanol–water partition coefficient (Wildman–Crippen LogP) is 9.40. The van der Waals surface area contributed by atoms with Gasteiger partial charge in [-0.05, 0) is 47.5 Å². The summed E-state index contributed by atoms with van der Waals surface area (Å²) in [4.78, 5) is 15.1. The Morgan fingerprint density at radius 2 is 0.841 bits per heavy atom. The highest BCUT2D eigenvalue weighted by atomic mass is 15.1. The third kappa shape index (κ3) is 3.69. The predicted molar refractivity (Wildman–Crippen MR) is 179 cm³/mol. The van der Waals surface area contributed by atoms with Crippen molar-refractivity contribution < 1.29 is 0 Å². The quantitative estimate of drug-likeness (QED) is 0.214. The van der Waals surface area contributed by atoms with Crippen LogP contribution in [0.3, 0.4) is 0 Å². The van der Waals surface area contributed by atoms with Crippen LogP contribution in [0.5, 0.6) is 0 Å². The Bertz CT molecular complexity index is 2280. The molecule has 5 heterocycles. The van der Waals surface area contributed by atoms with Crippen molar-refractivity contribution in [3.63, 3.8) is 0 Å². The van der Waals surface area contributed by atoms with Crippen molar-refractivity contribution in [3.05, 3.63) is 152 Å². The molecule has 5 aromatic heterocycles. The van der Waals surface area contributed by atoms with Gasteiger partial charge < -0.3 is 0 Å². The lowest BCUT2D eigenvalue weighted by atomic mass is 10.1. The largest absolute Gasteiger partial charge is 0.292 e. The third-order valence-corrected chi connectivity index (χ3v) is 8.48. The number of hydrogen-bond acceptors (Lipinski definition) is 3. The number of aromatic nitrogens is 5. The van der Waals surface area contributed by atoms with Crippen LogP contribution in [0.2, 0.25) is 0 Å². The van der Waals surface area contributed by atoms with Crippen LogP contribution in [0.15, 0.2) is 152 Å². The molecule has 0 aliphatic heterocycles. The van der Waals surface area contributed by atoms with E-state index in [4.69, 9.17) is 15.0 Å². The molecule has 4 aromatic carbocycles. The third-order valence-electron chi connectivity index (χ3n) is 8.48. The second-order valence-electron chi connectivity index (χ2n) is 11.0. The summed E-state index contributed by atoms with van der Waals surface area (Å²) in [5, 5.41) is 3.30. The Balaban J connectivity index is 1.35. The van der Waals surface area contributed by atoms with Gasteiger partial charge in [0.05, 0.1) is 27.6 Å². The number of nitrogens with zero attached hydrogens (tertiary/aromatic N) is 5. The molecule has 0 atom stereocenters. The Kier molecular flexibility index (Phi) is 5.43. The van der Waals surface area contributed by atoms with Crippen LogP contribution in [0.25, 0.3) is 77.6 Å². The van der Waals surface area contributed by atoms with Gasteiger partial charge in [0, 0.05) is 45.9 Å². The van der Waals surface area contributed by atoms with Gasteiger partial charge in [0.2, 0.25) is 0 Å². The van der Waals surface area contributed by atoms with E-state index < -0.39 is 0 Å². The van der Waals surface area contributed by atoms with Crippen LogP contribution in [0.4, 0.5) is 0 Å². The van der Waals surface area contributed by atoms with E-state index in [1.165, 1.54) is 0 Å². The van der Waals surface area contributed by atoms with Crippen molar-refractivity contribution >= 4 is 43.7 Å². The van der Waals surface area contributed by atoms with E-state index in [1.807, 2.05) is 30.7 Å². The van der Waals surface area contributed by atoms with Crippen molar-refractivity contribution in [2.75, 3.05) is 0 Å². The minimum absolute atomic E-state index is 0.842. The standard InChI is InChI=1S/C39H25N5/c1-3-11-26(12-4-1)28-19-21-35(40-23-28)43-33-17-9-7-15-30(33)32-25-42-37-31-16-8-10-18-34(31)44(39(37)38(32)43)36-22-20-29(24-41-36)27-13-5-2-6-14-27/h1-25H. The first-order valence-electron chi connectivity index (χ1n) is 14.7. The second kappa shape index (κ2) is 9.75. The van der Waals surface area contributed by atoms with E-state index in [1.54, 1.807) is 0 Å². The molecule has 0 spiro atoms. The summed E-state index contributed by atoms with van der Waals surface area (Å²) >= 11 is 0. The van der Waals surface area contributed by atoms with Gasteiger partial charge in [-0.3, -0.25) is 14.1 Å². The fourth-order valence-electron chi connectivity index (χ4n) is 6.44. The molecule has 44 heavy (non-hydrogen) atoms. The van der Waals surface area contributed by atoms with Crippen LogP contribution < -0.4 is 0 Å². The van der Waals surface area contributed by atoms with Crippen LogP contribution in [0.1, 0.15) is 0 Å². The Hall–Kier alpha value is -6.07. The fourth-order valence-corrected chi connectivity index (χ4v) is 6.44. The molecule has 9 aromatic rings. The number of fused-ring (bicyclic) bond motifs is 7. The molecule has 0 saturated carbocycles. The van der Waals surface area contributed by atoms with Crippen molar-refractivity contribution in [1.82, 2.24) is 24.1 Å². The van der Waals surface area contributed by atoms with Crippen LogP contribution in [-0.2, 0) is 0 Å². The summed E-state index contributed by atoms with van der Waals surface area (Å²) < 4.78 is 4.53. The van der Waals surface area contributed by atoms with E-state index in [0.29, 0.717) is 0 Å². The number of pyridine rings is 3. The van der Waals surface area contributed by atoms with E-state index in [0.717, 1.165) is 77.6 Å². The lowest BCUT2D eigenvalue weighted by molar-refractivity contribution is 1.06. The Morgan fingerprint density at radius 3 is 1.41 bits per heavy atom. The van der Waals surface area contributed by atoms with Gasteiger partial charge in [-0.1, -0.05) is 97.1 Å². The maximum absolute atomic E-state index is 5.08. The SMILES string of the molecule is c1ccc(-c2ccc(-n3c4ccccc4c4cnc5c6ccccc6n(-c6ccc(-c7ccccc7)cn6)c5c43)nc2)cc1. The Labute approximate surface area is 253 Å². The van der Waals surface area contributed by atoms with E-state index >= 15 is 0 Å². The average molecular weight is 564 g/mol. The van der Waals surface area contributed by atoms with Gasteiger partial charge in [-0.15, -0.1) is 0 Å². The van der Waals surface area contributed by atoms with Gasteiger partial charge >= 0.3 is 0 Å². The number of hydrogen-bond donors (Lipinski definition) is 0. The topological polar surface area (TPSA) is 48.5 Å². The van der Waals surface area contributed by atoms with Crippen LogP contribution in [-0.4, -0.2) is 24.1 Å². The first kappa shape index (κ1) is 24.5. The van der Waals surface area contributed by atoms with Gasteiger partial charge in [0.15, 0.2) is 0 Å². The number of rotatable bonds is 4. The molecule has 0 bridgehead atoms. The van der Waals surface area contributed by atoms with Gasteiger partial charge in [-0.2, -0.15) is 0 Å². The zero-order valence-electron chi connectivity index (χ0n) is 23.7. The summed E-state index contributed by atoms with van der Waals surface area (Å²) in [6, 6.07) is 46.2. The highest BCUT2D eigenvalue weighted by Gasteiger charge is 2.22. The van der Waals surface area contributed by atoms with E-state index in [-0.39, 0.29) is 0 Å². The summed E-state index contributed by atoms with van der Waals surface area (Å²) in [6.45, 7) is 0. The monoisotopic (exact) mass is 563 g/mol. The molecule has 9 rings (SSSR count). The molecule has 0 fully saturated rings. The lowest BCUT2D eigenvalue weighted by Crippen LogP contribution is -2.02. The molecule has 5 nitrogen and oxygen atoms in total. The molecule has 5 heteroatoms. The molecule has 0 saturated heterocycles. The maximum atomic E-state index is 5.08. The van der Waals surface area contributed by atoms with Crippen molar-refractivity contribution in [1.29, 1.82) is 0 Å². The lowest BCUT2D eigenvalue weighted by Gasteiger charge is -2.12. The first-order chi connectivity index (χ1) is 21.8. The summed E-state index contributed by atoms with van der Waals surface area (Å²) in [6.07, 6.45) is 5.93. The van der Waals surface area contributed by atoms with Gasteiger partial charge in [0.1, 0.15) is 11.6 Å². The smallest absolute Gasteiger partial charge is 0.137 e. The first-order valence-corrected chi connectivity index (χ1v) is 14.7. The van der Waals surface area contributed by atoms with Crippen molar-refractivity contribution in [3.8, 4) is 33.9 Å². The zero-order valence-corrected chi connectivity index (χ0v) is 23.7. The number of benzene rings is 4. The summed E-state index contributed by atoms with van der Waals surface area (Å²) in [5.41, 5.74) is 9.59. The van der Waals surface area contributed by atoms with Gasteiger partial charge in [0.25, 0.3) is 0 Å². The normalized spacial score (nSPS) is 11.6. The Morgan fingerprint density at radius 1 is 0.341 bits per heavy atom. The fraction of sp³-hybridized carbons (Fsp3) is 0. The van der Waals surface area contributed by atoms with E-state index in [2.05, 4.69) is 130 Å². The maximum Gasteiger partial charge on any atom is 0.137 e. The molecule has 0 unspecified atom stereocenters. The van der Waals surface area contributed by atoms with Gasteiger partial charge in [-0.25, -0.2) is 9.97 Å². The molecule has 0 aliphatic rings. The average Bonchev–Trinajstić information content (AvgIpc) is 3.62. The van der Waals surface area contributed by atoms with Crippen molar-refractivity contribution in [2.24, 2.45) is 0 Å². The molecule has 0 amide bonds. The van der Waals surface area contributed by atoms with Crippen LogP contribution >= 0.6 is 0 Å². The molecule has 0 N–H and O–H groups in total. The second-order valence-corrected chi connectivity index (χ2v) is 11.0.